The van der Waals surface area contributed by atoms with Gasteiger partial charge in [0.15, 0.2) is 0 Å². The minimum absolute atomic E-state index is 0.377. The van der Waals surface area contributed by atoms with Crippen molar-refractivity contribution in [2.24, 2.45) is 0 Å². The van der Waals surface area contributed by atoms with Crippen LogP contribution in [0.3, 0.4) is 0 Å². The number of hydrogen-bond donors (Lipinski definition) is 1. The van der Waals surface area contributed by atoms with Crippen LogP contribution < -0.4 is 10.2 Å². The SMILES string of the molecule is CCN1CCN(c2cc(C)c3cc(CC(=S)CCCNC(=O)OC(C)(C)C)ccc3n2)CC1. The molecule has 2 aromatic rings. The van der Waals surface area contributed by atoms with Crippen LogP contribution in [-0.2, 0) is 11.2 Å². The summed E-state index contributed by atoms with van der Waals surface area (Å²) in [4.78, 5) is 22.6. The maximum atomic E-state index is 11.7. The van der Waals surface area contributed by atoms with E-state index < -0.39 is 5.60 Å². The standard InChI is InChI=1S/C26H38N4O2S/c1-6-29-12-14-30(15-13-29)24-16-19(2)22-18-20(9-10-23(22)28-24)17-21(33)8-7-11-27-25(31)32-26(3,4)5/h9-10,16,18H,6-8,11-15,17H2,1-5H3,(H,27,31). The highest BCUT2D eigenvalue weighted by Gasteiger charge is 2.18. The zero-order valence-electron chi connectivity index (χ0n) is 20.7. The second kappa shape index (κ2) is 11.3. The molecule has 180 valence electrons. The number of aryl methyl sites for hydroxylation is 1. The van der Waals surface area contributed by atoms with E-state index in [2.05, 4.69) is 53.2 Å². The number of carbonyl (C=O) groups excluding carboxylic acids is 1. The molecule has 0 saturated carbocycles. The number of fused-ring (bicyclic) bond motifs is 1. The summed E-state index contributed by atoms with van der Waals surface area (Å²) in [5, 5.41) is 3.98. The summed E-state index contributed by atoms with van der Waals surface area (Å²) in [6.45, 7) is 15.9. The van der Waals surface area contributed by atoms with Crippen molar-refractivity contribution in [1.82, 2.24) is 15.2 Å². The van der Waals surface area contributed by atoms with Crippen molar-refractivity contribution in [3.05, 3.63) is 35.4 Å². The first-order valence-corrected chi connectivity index (χ1v) is 12.4. The van der Waals surface area contributed by atoms with E-state index in [0.29, 0.717) is 6.54 Å². The first-order valence-electron chi connectivity index (χ1n) is 12.0. The van der Waals surface area contributed by atoms with Gasteiger partial charge in [-0.2, -0.15) is 0 Å². The number of piperazine rings is 1. The Morgan fingerprint density at radius 2 is 1.91 bits per heavy atom. The van der Waals surface area contributed by atoms with E-state index in [4.69, 9.17) is 21.9 Å². The fourth-order valence-corrected chi connectivity index (χ4v) is 4.41. The maximum Gasteiger partial charge on any atom is 0.407 e. The lowest BCUT2D eigenvalue weighted by Crippen LogP contribution is -2.46. The Morgan fingerprint density at radius 3 is 2.58 bits per heavy atom. The number of carbonyl (C=O) groups is 1. The lowest BCUT2D eigenvalue weighted by atomic mass is 10.0. The Balaban J connectivity index is 1.54. The van der Waals surface area contributed by atoms with E-state index in [0.717, 1.165) is 68.2 Å². The van der Waals surface area contributed by atoms with Crippen LogP contribution in [0.25, 0.3) is 10.9 Å². The molecular weight excluding hydrogens is 432 g/mol. The predicted octanol–water partition coefficient (Wildman–Crippen LogP) is 4.90. The molecule has 33 heavy (non-hydrogen) atoms. The number of pyridine rings is 1. The topological polar surface area (TPSA) is 57.7 Å². The average Bonchev–Trinajstić information content (AvgIpc) is 2.76. The molecule has 0 aliphatic carbocycles. The molecule has 1 N–H and O–H groups in total. The third-order valence-electron chi connectivity index (χ3n) is 5.91. The monoisotopic (exact) mass is 470 g/mol. The van der Waals surface area contributed by atoms with E-state index in [1.165, 1.54) is 16.5 Å². The summed E-state index contributed by atoms with van der Waals surface area (Å²) in [7, 11) is 0. The zero-order valence-corrected chi connectivity index (χ0v) is 21.6. The first kappa shape index (κ1) is 25.4. The van der Waals surface area contributed by atoms with E-state index in [9.17, 15) is 4.79 Å². The highest BCUT2D eigenvalue weighted by molar-refractivity contribution is 7.80. The van der Waals surface area contributed by atoms with Gasteiger partial charge < -0.3 is 19.9 Å². The molecule has 0 unspecified atom stereocenters. The number of aromatic nitrogens is 1. The van der Waals surface area contributed by atoms with Gasteiger partial charge in [0.25, 0.3) is 0 Å². The van der Waals surface area contributed by atoms with Crippen LogP contribution >= 0.6 is 12.2 Å². The Hall–Kier alpha value is -2.25. The van der Waals surface area contributed by atoms with E-state index in [-0.39, 0.29) is 6.09 Å². The molecular formula is C26H38N4O2S. The second-order valence-corrected chi connectivity index (χ2v) is 10.4. The second-order valence-electron chi connectivity index (χ2n) is 9.82. The van der Waals surface area contributed by atoms with Crippen molar-refractivity contribution < 1.29 is 9.53 Å². The molecule has 1 aliphatic heterocycles. The molecule has 1 amide bonds. The molecule has 1 aromatic heterocycles. The summed E-state index contributed by atoms with van der Waals surface area (Å²) in [5.41, 5.74) is 3.02. The fraction of sp³-hybridized carbons (Fsp3) is 0.577. The van der Waals surface area contributed by atoms with E-state index in [1.54, 1.807) is 0 Å². The van der Waals surface area contributed by atoms with Crippen molar-refractivity contribution >= 4 is 39.9 Å². The molecule has 1 aromatic carbocycles. The van der Waals surface area contributed by atoms with Gasteiger partial charge in [-0.1, -0.05) is 25.2 Å². The number of nitrogens with zero attached hydrogens (tertiary/aromatic N) is 3. The van der Waals surface area contributed by atoms with Gasteiger partial charge in [0.05, 0.1) is 5.52 Å². The highest BCUT2D eigenvalue weighted by Crippen LogP contribution is 2.25. The van der Waals surface area contributed by atoms with Crippen LogP contribution in [0.2, 0.25) is 0 Å². The zero-order chi connectivity index (χ0) is 24.0. The maximum absolute atomic E-state index is 11.7. The molecule has 0 spiro atoms. The number of likely N-dealkylation sites (N-methyl/N-ethyl adjacent to an activating group) is 1. The number of thiocarbonyl (C=S) groups is 1. The molecule has 0 radical (unpaired) electrons. The molecule has 1 fully saturated rings. The number of amides is 1. The summed E-state index contributed by atoms with van der Waals surface area (Å²) in [6.07, 6.45) is 1.99. The predicted molar refractivity (Wildman–Crippen MR) is 141 cm³/mol. The van der Waals surface area contributed by atoms with Crippen LogP contribution in [0.1, 0.15) is 51.7 Å². The largest absolute Gasteiger partial charge is 0.444 e. The number of ether oxygens (including phenoxy) is 1. The van der Waals surface area contributed by atoms with E-state index in [1.807, 2.05) is 20.8 Å². The summed E-state index contributed by atoms with van der Waals surface area (Å²) >= 11 is 5.61. The first-order chi connectivity index (χ1) is 15.6. The molecule has 3 rings (SSSR count). The quantitative estimate of drug-likeness (QED) is 0.437. The molecule has 2 heterocycles. The number of benzene rings is 1. The Bertz CT molecular complexity index is 978. The van der Waals surface area contributed by atoms with Crippen molar-refractivity contribution in [2.75, 3.05) is 44.2 Å². The number of rotatable bonds is 8. The smallest absolute Gasteiger partial charge is 0.407 e. The molecule has 0 bridgehead atoms. The van der Waals surface area contributed by atoms with Crippen LogP contribution in [0.4, 0.5) is 10.6 Å². The van der Waals surface area contributed by atoms with Crippen LogP contribution in [-0.4, -0.2) is 65.7 Å². The minimum Gasteiger partial charge on any atom is -0.444 e. The lowest BCUT2D eigenvalue weighted by molar-refractivity contribution is 0.0527. The van der Waals surface area contributed by atoms with Crippen LogP contribution in [0, 0.1) is 6.92 Å². The van der Waals surface area contributed by atoms with Crippen molar-refractivity contribution in [3.8, 4) is 0 Å². The van der Waals surface area contributed by atoms with Gasteiger partial charge in [0, 0.05) is 44.5 Å². The van der Waals surface area contributed by atoms with Gasteiger partial charge in [-0.25, -0.2) is 9.78 Å². The molecule has 1 aliphatic rings. The van der Waals surface area contributed by atoms with Gasteiger partial charge in [-0.3, -0.25) is 0 Å². The van der Waals surface area contributed by atoms with Gasteiger partial charge in [-0.15, -0.1) is 0 Å². The van der Waals surface area contributed by atoms with Gasteiger partial charge >= 0.3 is 6.09 Å². The third-order valence-corrected chi connectivity index (χ3v) is 6.26. The Labute approximate surface area is 203 Å². The molecule has 7 heteroatoms. The summed E-state index contributed by atoms with van der Waals surface area (Å²) in [6, 6.07) is 8.70. The van der Waals surface area contributed by atoms with Crippen molar-refractivity contribution in [2.45, 2.75) is 59.5 Å². The Morgan fingerprint density at radius 1 is 1.18 bits per heavy atom. The lowest BCUT2D eigenvalue weighted by Gasteiger charge is -2.35. The summed E-state index contributed by atoms with van der Waals surface area (Å²) < 4.78 is 5.26. The van der Waals surface area contributed by atoms with Crippen LogP contribution in [0.5, 0.6) is 0 Å². The van der Waals surface area contributed by atoms with Crippen molar-refractivity contribution in [3.63, 3.8) is 0 Å². The normalized spacial score (nSPS) is 15.0. The number of alkyl carbamates (subject to hydrolysis) is 1. The number of hydrogen-bond acceptors (Lipinski definition) is 6. The summed E-state index contributed by atoms with van der Waals surface area (Å²) in [5.74, 6) is 1.08. The van der Waals surface area contributed by atoms with E-state index >= 15 is 0 Å². The molecule has 1 saturated heterocycles. The van der Waals surface area contributed by atoms with Crippen molar-refractivity contribution in [1.29, 1.82) is 0 Å². The number of anilines is 1. The average molecular weight is 471 g/mol. The van der Waals surface area contributed by atoms with Gasteiger partial charge in [0.1, 0.15) is 11.4 Å². The third kappa shape index (κ3) is 7.64. The number of nitrogens with one attached hydrogen (secondary N) is 1. The minimum atomic E-state index is -0.479. The Kier molecular flexibility index (Phi) is 8.65. The highest BCUT2D eigenvalue weighted by atomic mass is 32.1. The molecule has 6 nitrogen and oxygen atoms in total. The van der Waals surface area contributed by atoms with Crippen LogP contribution in [0.15, 0.2) is 24.3 Å². The fourth-order valence-electron chi connectivity index (χ4n) is 4.10. The molecule has 0 atom stereocenters. The van der Waals surface area contributed by atoms with Gasteiger partial charge in [0.2, 0.25) is 0 Å². The van der Waals surface area contributed by atoms with Gasteiger partial charge in [-0.05, 0) is 81.3 Å².